The number of nitrogens with zero attached hydrogens (tertiary/aromatic N) is 1. The maximum atomic E-state index is 12.3. The van der Waals surface area contributed by atoms with Crippen LogP contribution in [0, 0.1) is 0 Å². The number of carbonyl (C=O) groups is 1. The first-order valence-corrected chi connectivity index (χ1v) is 8.13. The van der Waals surface area contributed by atoms with Crippen molar-refractivity contribution in [3.8, 4) is 11.5 Å². The molecule has 5 nitrogen and oxygen atoms in total. The number of rotatable bonds is 7. The molecule has 0 spiro atoms. The topological polar surface area (TPSA) is 64.4 Å². The lowest BCUT2D eigenvalue weighted by atomic mass is 10.1. The zero-order valence-electron chi connectivity index (χ0n) is 14.0. The highest BCUT2D eigenvalue weighted by molar-refractivity contribution is 5.82. The first-order chi connectivity index (χ1) is 12.3. The van der Waals surface area contributed by atoms with E-state index in [1.807, 2.05) is 60.7 Å². The fourth-order valence-electron chi connectivity index (χ4n) is 2.56. The molecule has 1 amide bonds. The quantitative estimate of drug-likeness (QED) is 0.718. The van der Waals surface area contributed by atoms with E-state index in [-0.39, 0.29) is 5.91 Å². The van der Waals surface area contributed by atoms with Gasteiger partial charge in [-0.3, -0.25) is 4.79 Å². The van der Waals surface area contributed by atoms with Gasteiger partial charge >= 0.3 is 0 Å². The highest BCUT2D eigenvalue weighted by atomic mass is 16.5. The Hall–Kier alpha value is -2.92. The largest absolute Gasteiger partial charge is 0.444 e. The normalized spacial score (nSPS) is 11.9. The number of carbonyl (C=O) groups excluding carboxylic acids is 1. The Morgan fingerprint density at radius 3 is 2.48 bits per heavy atom. The molecule has 0 aliphatic carbocycles. The molecule has 128 valence electrons. The van der Waals surface area contributed by atoms with E-state index in [9.17, 15) is 4.79 Å². The van der Waals surface area contributed by atoms with E-state index >= 15 is 0 Å². The minimum atomic E-state index is -0.613. The van der Waals surface area contributed by atoms with Crippen LogP contribution in [-0.4, -0.2) is 24.5 Å². The van der Waals surface area contributed by atoms with E-state index in [0.29, 0.717) is 18.9 Å². The zero-order valence-corrected chi connectivity index (χ0v) is 14.0. The van der Waals surface area contributed by atoms with Crippen LogP contribution in [0.15, 0.2) is 71.3 Å². The lowest BCUT2D eigenvalue weighted by Gasteiger charge is -2.15. The monoisotopic (exact) mass is 336 g/mol. The second-order valence-electron chi connectivity index (χ2n) is 5.58. The van der Waals surface area contributed by atoms with E-state index < -0.39 is 6.10 Å². The van der Waals surface area contributed by atoms with Gasteiger partial charge in [0, 0.05) is 25.6 Å². The van der Waals surface area contributed by atoms with Crippen LogP contribution in [0.3, 0.4) is 0 Å². The summed E-state index contributed by atoms with van der Waals surface area (Å²) < 4.78 is 10.8. The predicted octanol–water partition coefficient (Wildman–Crippen LogP) is 3.39. The molecule has 5 heteroatoms. The van der Waals surface area contributed by atoms with Gasteiger partial charge in [-0.05, 0) is 17.7 Å². The minimum Gasteiger partial charge on any atom is -0.444 e. The van der Waals surface area contributed by atoms with Crippen molar-refractivity contribution in [1.29, 1.82) is 0 Å². The molecule has 3 rings (SSSR count). The fraction of sp³-hybridized carbons (Fsp3) is 0.200. The highest BCUT2D eigenvalue weighted by Crippen LogP contribution is 2.18. The molecule has 0 saturated heterocycles. The van der Waals surface area contributed by atoms with Crippen LogP contribution < -0.4 is 5.32 Å². The van der Waals surface area contributed by atoms with Crippen molar-refractivity contribution in [3.05, 3.63) is 78.2 Å². The molecule has 1 N–H and O–H groups in total. The van der Waals surface area contributed by atoms with Gasteiger partial charge in [-0.2, -0.15) is 0 Å². The van der Waals surface area contributed by atoms with Gasteiger partial charge in [0.1, 0.15) is 6.26 Å². The van der Waals surface area contributed by atoms with Gasteiger partial charge in [-0.15, -0.1) is 0 Å². The first kappa shape index (κ1) is 16.9. The molecule has 1 unspecified atom stereocenters. The number of nitrogens with one attached hydrogen (secondary N) is 1. The molecule has 0 aliphatic heterocycles. The molecule has 0 saturated carbocycles. The molecule has 0 fully saturated rings. The van der Waals surface area contributed by atoms with E-state index in [0.717, 1.165) is 16.8 Å². The number of oxazole rings is 1. The predicted molar refractivity (Wildman–Crippen MR) is 94.8 cm³/mol. The molecule has 25 heavy (non-hydrogen) atoms. The molecule has 3 aromatic rings. The Labute approximate surface area is 146 Å². The van der Waals surface area contributed by atoms with E-state index in [4.69, 9.17) is 9.15 Å². The van der Waals surface area contributed by atoms with Gasteiger partial charge in [-0.1, -0.05) is 48.5 Å². The summed E-state index contributed by atoms with van der Waals surface area (Å²) in [5.41, 5.74) is 2.56. The summed E-state index contributed by atoms with van der Waals surface area (Å²) in [6.45, 7) is 0.465. The molecule has 0 radical (unpaired) electrons. The van der Waals surface area contributed by atoms with Gasteiger partial charge in [0.15, 0.2) is 6.10 Å². The van der Waals surface area contributed by atoms with Crippen LogP contribution in [0.1, 0.15) is 17.4 Å². The molecule has 2 aromatic carbocycles. The van der Waals surface area contributed by atoms with E-state index in [2.05, 4.69) is 10.3 Å². The number of methoxy groups -OCH3 is 1. The van der Waals surface area contributed by atoms with Gasteiger partial charge in [0.05, 0.1) is 5.69 Å². The van der Waals surface area contributed by atoms with Gasteiger partial charge in [0.2, 0.25) is 5.89 Å². The van der Waals surface area contributed by atoms with Crippen molar-refractivity contribution < 1.29 is 13.9 Å². The summed E-state index contributed by atoms with van der Waals surface area (Å²) >= 11 is 0. The summed E-state index contributed by atoms with van der Waals surface area (Å²) in [5, 5.41) is 2.88. The summed E-state index contributed by atoms with van der Waals surface area (Å²) in [7, 11) is 1.53. The van der Waals surface area contributed by atoms with Crippen molar-refractivity contribution in [2.24, 2.45) is 0 Å². The third-order valence-electron chi connectivity index (χ3n) is 3.83. The number of aromatic nitrogens is 1. The maximum Gasteiger partial charge on any atom is 0.253 e. The Morgan fingerprint density at radius 2 is 1.80 bits per heavy atom. The summed E-state index contributed by atoms with van der Waals surface area (Å²) in [6, 6.07) is 19.1. The van der Waals surface area contributed by atoms with Crippen molar-refractivity contribution >= 4 is 5.91 Å². The smallest absolute Gasteiger partial charge is 0.253 e. The standard InChI is InChI=1S/C20H20N2O3/c1-24-18(15-8-4-2-5-9-15)19(23)21-13-12-17-14-25-20(22-17)16-10-6-3-7-11-16/h2-11,14,18H,12-13H2,1H3,(H,21,23). The number of hydrogen-bond acceptors (Lipinski definition) is 4. The van der Waals surface area contributed by atoms with Crippen LogP contribution in [0.2, 0.25) is 0 Å². The van der Waals surface area contributed by atoms with Gasteiger partial charge < -0.3 is 14.5 Å². The lowest BCUT2D eigenvalue weighted by Crippen LogP contribution is -2.32. The van der Waals surface area contributed by atoms with Crippen LogP contribution in [0.5, 0.6) is 0 Å². The number of benzene rings is 2. The second-order valence-corrected chi connectivity index (χ2v) is 5.58. The lowest BCUT2D eigenvalue weighted by molar-refractivity contribution is -0.131. The molecular weight excluding hydrogens is 316 g/mol. The van der Waals surface area contributed by atoms with Gasteiger partial charge in [0.25, 0.3) is 5.91 Å². The molecule has 1 atom stereocenters. The number of hydrogen-bond donors (Lipinski definition) is 1. The third kappa shape index (κ3) is 4.33. The highest BCUT2D eigenvalue weighted by Gasteiger charge is 2.19. The van der Waals surface area contributed by atoms with Crippen molar-refractivity contribution in [2.45, 2.75) is 12.5 Å². The second kappa shape index (κ2) is 8.26. The maximum absolute atomic E-state index is 12.3. The fourth-order valence-corrected chi connectivity index (χ4v) is 2.56. The summed E-state index contributed by atoms with van der Waals surface area (Å²) in [5.74, 6) is 0.418. The van der Waals surface area contributed by atoms with Crippen LogP contribution in [0.25, 0.3) is 11.5 Å². The minimum absolute atomic E-state index is 0.166. The molecule has 1 heterocycles. The Kier molecular flexibility index (Phi) is 5.59. The SMILES string of the molecule is COC(C(=O)NCCc1coc(-c2ccccc2)n1)c1ccccc1. The van der Waals surface area contributed by atoms with E-state index in [1.165, 1.54) is 7.11 Å². The molecule has 0 bridgehead atoms. The van der Waals surface area contributed by atoms with Crippen molar-refractivity contribution in [2.75, 3.05) is 13.7 Å². The number of amides is 1. The van der Waals surface area contributed by atoms with Crippen LogP contribution in [-0.2, 0) is 16.0 Å². The van der Waals surface area contributed by atoms with Crippen LogP contribution in [0.4, 0.5) is 0 Å². The Morgan fingerprint density at radius 1 is 1.12 bits per heavy atom. The van der Waals surface area contributed by atoms with Gasteiger partial charge in [-0.25, -0.2) is 4.98 Å². The molecule has 0 aliphatic rings. The van der Waals surface area contributed by atoms with Crippen LogP contribution >= 0.6 is 0 Å². The summed E-state index contributed by atoms with van der Waals surface area (Å²) in [6.07, 6.45) is 1.60. The molecular formula is C20H20N2O3. The van der Waals surface area contributed by atoms with Crippen molar-refractivity contribution in [3.63, 3.8) is 0 Å². The van der Waals surface area contributed by atoms with Crippen molar-refractivity contribution in [1.82, 2.24) is 10.3 Å². The Balaban J connectivity index is 1.54. The molecule has 1 aromatic heterocycles. The zero-order chi connectivity index (χ0) is 17.5. The average Bonchev–Trinajstić information content (AvgIpc) is 3.13. The van der Waals surface area contributed by atoms with E-state index in [1.54, 1.807) is 6.26 Å². The third-order valence-corrected chi connectivity index (χ3v) is 3.83. The summed E-state index contributed by atoms with van der Waals surface area (Å²) in [4.78, 5) is 16.8. The average molecular weight is 336 g/mol. The number of ether oxygens (including phenoxy) is 1. The first-order valence-electron chi connectivity index (χ1n) is 8.13. The Bertz CT molecular complexity index is 800.